The van der Waals surface area contributed by atoms with Crippen molar-refractivity contribution < 1.29 is 9.47 Å². The zero-order valence-electron chi connectivity index (χ0n) is 12.0. The molecule has 1 unspecified atom stereocenters. The lowest BCUT2D eigenvalue weighted by Crippen LogP contribution is -2.22. The molecule has 0 aliphatic carbocycles. The molecule has 1 aliphatic rings. The Morgan fingerprint density at radius 3 is 2.58 bits per heavy atom. The predicted octanol–water partition coefficient (Wildman–Crippen LogP) is 3.90. The molecule has 0 spiro atoms. The third-order valence-electron chi connectivity index (χ3n) is 3.14. The van der Waals surface area contributed by atoms with E-state index in [9.17, 15) is 0 Å². The number of ether oxygens (including phenoxy) is 2. The van der Waals surface area contributed by atoms with Gasteiger partial charge in [-0.3, -0.25) is 0 Å². The molecule has 106 valence electrons. The minimum Gasteiger partial charge on any atom is -0.353 e. The molecule has 1 saturated heterocycles. The van der Waals surface area contributed by atoms with Crippen LogP contribution in [0.1, 0.15) is 64.2 Å². The van der Waals surface area contributed by atoms with E-state index in [1.54, 1.807) is 0 Å². The Labute approximate surface area is 118 Å². The largest absolute Gasteiger partial charge is 0.353 e. The average Bonchev–Trinajstić information content (AvgIpc) is 2.46. The number of hydrogen-bond donors (Lipinski definition) is 0. The maximum atomic E-state index is 5.68. The van der Waals surface area contributed by atoms with Gasteiger partial charge in [-0.15, -0.1) is 24.2 Å². The van der Waals surface area contributed by atoms with Crippen molar-refractivity contribution in [1.29, 1.82) is 0 Å². The van der Waals surface area contributed by atoms with Crippen LogP contribution in [0.25, 0.3) is 0 Å². The van der Waals surface area contributed by atoms with E-state index in [2.05, 4.69) is 17.8 Å². The maximum absolute atomic E-state index is 5.68. The lowest BCUT2D eigenvalue weighted by molar-refractivity contribution is -0.162. The summed E-state index contributed by atoms with van der Waals surface area (Å²) in [6.07, 6.45) is 16.0. The lowest BCUT2D eigenvalue weighted by Gasteiger charge is -2.22. The zero-order valence-corrected chi connectivity index (χ0v) is 12.0. The number of rotatable bonds is 8. The van der Waals surface area contributed by atoms with Crippen molar-refractivity contribution in [3.63, 3.8) is 0 Å². The van der Waals surface area contributed by atoms with Gasteiger partial charge < -0.3 is 9.47 Å². The van der Waals surface area contributed by atoms with Crippen LogP contribution in [0.4, 0.5) is 0 Å². The van der Waals surface area contributed by atoms with E-state index >= 15 is 0 Å². The van der Waals surface area contributed by atoms with Crippen LogP contribution in [0, 0.1) is 24.2 Å². The van der Waals surface area contributed by atoms with Gasteiger partial charge >= 0.3 is 0 Å². The van der Waals surface area contributed by atoms with Crippen molar-refractivity contribution >= 4 is 0 Å². The van der Waals surface area contributed by atoms with Gasteiger partial charge in [0.2, 0.25) is 0 Å². The quantitative estimate of drug-likeness (QED) is 0.488. The van der Waals surface area contributed by atoms with Crippen LogP contribution in [-0.4, -0.2) is 19.5 Å². The number of terminal acetylenes is 1. The predicted molar refractivity (Wildman–Crippen MR) is 78.5 cm³/mol. The number of hydrogen-bond acceptors (Lipinski definition) is 2. The lowest BCUT2D eigenvalue weighted by atomic mass is 10.2. The fourth-order valence-corrected chi connectivity index (χ4v) is 2.01. The third kappa shape index (κ3) is 9.60. The third-order valence-corrected chi connectivity index (χ3v) is 3.14. The molecule has 0 aromatic rings. The van der Waals surface area contributed by atoms with Crippen molar-refractivity contribution in [3.8, 4) is 24.2 Å². The molecule has 1 rings (SSSR count). The van der Waals surface area contributed by atoms with Gasteiger partial charge in [-0.05, 0) is 38.5 Å². The highest BCUT2D eigenvalue weighted by Crippen LogP contribution is 2.14. The molecule has 1 fully saturated rings. The topological polar surface area (TPSA) is 18.5 Å². The van der Waals surface area contributed by atoms with Crippen LogP contribution in [0.15, 0.2) is 0 Å². The van der Waals surface area contributed by atoms with Gasteiger partial charge in [-0.1, -0.05) is 6.42 Å². The van der Waals surface area contributed by atoms with Crippen LogP contribution in [0.5, 0.6) is 0 Å². The summed E-state index contributed by atoms with van der Waals surface area (Å²) in [5.74, 6) is 8.99. The summed E-state index contributed by atoms with van der Waals surface area (Å²) >= 11 is 0. The Morgan fingerprint density at radius 1 is 1.00 bits per heavy atom. The van der Waals surface area contributed by atoms with Gasteiger partial charge in [-0.25, -0.2) is 0 Å². The summed E-state index contributed by atoms with van der Waals surface area (Å²) in [6, 6.07) is 0. The molecule has 1 heterocycles. The van der Waals surface area contributed by atoms with E-state index < -0.39 is 0 Å². The second-order valence-electron chi connectivity index (χ2n) is 4.89. The fourth-order valence-electron chi connectivity index (χ4n) is 2.01. The number of unbranched alkanes of at least 4 members (excludes halogenated alkanes) is 5. The second kappa shape index (κ2) is 12.1. The molecule has 0 saturated carbocycles. The van der Waals surface area contributed by atoms with Crippen molar-refractivity contribution in [3.05, 3.63) is 0 Å². The summed E-state index contributed by atoms with van der Waals surface area (Å²) in [4.78, 5) is 0. The van der Waals surface area contributed by atoms with Gasteiger partial charge in [0.15, 0.2) is 6.29 Å². The van der Waals surface area contributed by atoms with E-state index in [1.165, 1.54) is 19.3 Å². The maximum Gasteiger partial charge on any atom is 0.157 e. The highest BCUT2D eigenvalue weighted by Gasteiger charge is 2.12. The van der Waals surface area contributed by atoms with Crippen molar-refractivity contribution in [2.45, 2.75) is 70.5 Å². The minimum absolute atomic E-state index is 0.0599. The van der Waals surface area contributed by atoms with Crippen LogP contribution in [0.3, 0.4) is 0 Å². The van der Waals surface area contributed by atoms with Crippen molar-refractivity contribution in [2.75, 3.05) is 13.2 Å². The van der Waals surface area contributed by atoms with Gasteiger partial charge in [0.05, 0.1) is 0 Å². The average molecular weight is 262 g/mol. The Morgan fingerprint density at radius 2 is 1.84 bits per heavy atom. The smallest absolute Gasteiger partial charge is 0.157 e. The highest BCUT2D eigenvalue weighted by atomic mass is 16.7. The normalized spacial score (nSPS) is 18.4. The first kappa shape index (κ1) is 16.1. The van der Waals surface area contributed by atoms with E-state index in [1.807, 2.05) is 0 Å². The standard InChI is InChI=1S/C17H26O2/c1-2-3-4-5-6-7-8-9-10-12-15-18-17-14-11-13-16-19-17/h1,17H,3-5,8-16H2. The molecule has 19 heavy (non-hydrogen) atoms. The fraction of sp³-hybridized carbons (Fsp3) is 0.765. The van der Waals surface area contributed by atoms with E-state index in [0.29, 0.717) is 0 Å². The van der Waals surface area contributed by atoms with Crippen LogP contribution >= 0.6 is 0 Å². The van der Waals surface area contributed by atoms with E-state index in [0.717, 1.165) is 58.2 Å². The Bertz CT molecular complexity index is 299. The Balaban J connectivity index is 1.81. The van der Waals surface area contributed by atoms with E-state index in [4.69, 9.17) is 15.9 Å². The second-order valence-corrected chi connectivity index (χ2v) is 4.89. The molecule has 0 aromatic heterocycles. The minimum atomic E-state index is 0.0599. The first-order valence-corrected chi connectivity index (χ1v) is 7.56. The molecule has 0 radical (unpaired) electrons. The summed E-state index contributed by atoms with van der Waals surface area (Å²) in [7, 11) is 0. The van der Waals surface area contributed by atoms with Gasteiger partial charge in [0, 0.05) is 32.5 Å². The highest BCUT2D eigenvalue weighted by molar-refractivity contribution is 4.99. The van der Waals surface area contributed by atoms with Gasteiger partial charge in [-0.2, -0.15) is 0 Å². The molecule has 0 aromatic carbocycles. The Kier molecular flexibility index (Phi) is 10.2. The van der Waals surface area contributed by atoms with Crippen LogP contribution < -0.4 is 0 Å². The molecule has 2 heteroatoms. The summed E-state index contributed by atoms with van der Waals surface area (Å²) < 4.78 is 11.2. The molecule has 2 nitrogen and oxygen atoms in total. The summed E-state index contributed by atoms with van der Waals surface area (Å²) in [5, 5.41) is 0. The van der Waals surface area contributed by atoms with Crippen molar-refractivity contribution in [1.82, 2.24) is 0 Å². The molecular formula is C17H26O2. The van der Waals surface area contributed by atoms with Gasteiger partial charge in [0.1, 0.15) is 0 Å². The van der Waals surface area contributed by atoms with Gasteiger partial charge in [0.25, 0.3) is 0 Å². The zero-order chi connectivity index (χ0) is 13.6. The van der Waals surface area contributed by atoms with Crippen LogP contribution in [-0.2, 0) is 9.47 Å². The molecule has 0 bridgehead atoms. The first-order chi connectivity index (χ1) is 9.43. The molecular weight excluding hydrogens is 236 g/mol. The van der Waals surface area contributed by atoms with E-state index in [-0.39, 0.29) is 6.29 Å². The van der Waals surface area contributed by atoms with Crippen LogP contribution in [0.2, 0.25) is 0 Å². The first-order valence-electron chi connectivity index (χ1n) is 7.56. The molecule has 1 aliphatic heterocycles. The monoisotopic (exact) mass is 262 g/mol. The Hall–Kier alpha value is -0.960. The summed E-state index contributed by atoms with van der Waals surface area (Å²) in [6.45, 7) is 1.68. The summed E-state index contributed by atoms with van der Waals surface area (Å²) in [5.41, 5.74) is 0. The molecule has 0 amide bonds. The molecule has 1 atom stereocenters. The van der Waals surface area contributed by atoms with Crippen molar-refractivity contribution in [2.24, 2.45) is 0 Å². The SMILES string of the molecule is C#CCCCC#CCCCCCOC1CCCCO1. The molecule has 0 N–H and O–H groups in total.